The van der Waals surface area contributed by atoms with Crippen molar-refractivity contribution in [1.29, 1.82) is 0 Å². The van der Waals surface area contributed by atoms with Gasteiger partial charge in [-0.05, 0) is 23.1 Å². The predicted octanol–water partition coefficient (Wildman–Crippen LogP) is 4.31. The van der Waals surface area contributed by atoms with Gasteiger partial charge in [-0.1, -0.05) is 41.9 Å². The first-order valence-electron chi connectivity index (χ1n) is 3.99. The topological polar surface area (TPSA) is 0 Å². The third kappa shape index (κ3) is 2.24. The molecule has 0 radical (unpaired) electrons. The molecule has 0 aliphatic rings. The third-order valence-electron chi connectivity index (χ3n) is 1.84. The van der Waals surface area contributed by atoms with Crippen LogP contribution in [0.5, 0.6) is 0 Å². The SMILES string of the molecule is CC(C)c1ccc(CCl)cc1Br. The summed E-state index contributed by atoms with van der Waals surface area (Å²) in [5.74, 6) is 1.14. The lowest BCUT2D eigenvalue weighted by atomic mass is 10.0. The number of rotatable bonds is 2. The van der Waals surface area contributed by atoms with Gasteiger partial charge in [0.05, 0.1) is 0 Å². The molecule has 0 bridgehead atoms. The normalized spacial score (nSPS) is 10.8. The Kier molecular flexibility index (Phi) is 3.60. The molecule has 0 saturated carbocycles. The Morgan fingerprint density at radius 3 is 2.50 bits per heavy atom. The van der Waals surface area contributed by atoms with Crippen molar-refractivity contribution in [3.05, 3.63) is 33.8 Å². The van der Waals surface area contributed by atoms with Crippen LogP contribution in [-0.4, -0.2) is 0 Å². The average Bonchev–Trinajstić information content (AvgIpc) is 2.03. The highest BCUT2D eigenvalue weighted by atomic mass is 79.9. The molecule has 0 atom stereocenters. The van der Waals surface area contributed by atoms with Gasteiger partial charge in [-0.2, -0.15) is 0 Å². The lowest BCUT2D eigenvalue weighted by Crippen LogP contribution is -1.90. The van der Waals surface area contributed by atoms with Crippen molar-refractivity contribution >= 4 is 27.5 Å². The van der Waals surface area contributed by atoms with E-state index >= 15 is 0 Å². The fourth-order valence-corrected chi connectivity index (χ4v) is 2.17. The van der Waals surface area contributed by atoms with Crippen LogP contribution in [0.25, 0.3) is 0 Å². The van der Waals surface area contributed by atoms with E-state index in [9.17, 15) is 0 Å². The molecule has 0 fully saturated rings. The van der Waals surface area contributed by atoms with Gasteiger partial charge in [0, 0.05) is 10.4 Å². The molecule has 2 heteroatoms. The number of hydrogen-bond acceptors (Lipinski definition) is 0. The molecule has 0 aliphatic heterocycles. The minimum Gasteiger partial charge on any atom is -0.122 e. The van der Waals surface area contributed by atoms with Gasteiger partial charge in [0.15, 0.2) is 0 Å². The maximum Gasteiger partial charge on any atom is 0.0474 e. The minimum atomic E-state index is 0.559. The van der Waals surface area contributed by atoms with Crippen LogP contribution in [0.1, 0.15) is 30.9 Å². The van der Waals surface area contributed by atoms with Crippen molar-refractivity contribution in [3.63, 3.8) is 0 Å². The van der Waals surface area contributed by atoms with Crippen LogP contribution in [-0.2, 0) is 5.88 Å². The first-order chi connectivity index (χ1) is 5.65. The van der Waals surface area contributed by atoms with E-state index in [1.807, 2.05) is 0 Å². The highest BCUT2D eigenvalue weighted by Gasteiger charge is 2.04. The molecule has 0 spiro atoms. The first kappa shape index (κ1) is 10.1. The van der Waals surface area contributed by atoms with Gasteiger partial charge >= 0.3 is 0 Å². The van der Waals surface area contributed by atoms with E-state index in [2.05, 4.69) is 48.0 Å². The van der Waals surface area contributed by atoms with Gasteiger partial charge in [0.25, 0.3) is 0 Å². The van der Waals surface area contributed by atoms with Crippen molar-refractivity contribution < 1.29 is 0 Å². The van der Waals surface area contributed by atoms with Crippen LogP contribution in [0.2, 0.25) is 0 Å². The average molecular weight is 248 g/mol. The highest BCUT2D eigenvalue weighted by Crippen LogP contribution is 2.25. The molecule has 0 aliphatic carbocycles. The molecule has 0 aromatic heterocycles. The molecule has 0 nitrogen and oxygen atoms in total. The summed E-state index contributed by atoms with van der Waals surface area (Å²) in [7, 11) is 0. The van der Waals surface area contributed by atoms with Gasteiger partial charge in [-0.25, -0.2) is 0 Å². The predicted molar refractivity (Wildman–Crippen MR) is 57.8 cm³/mol. The van der Waals surface area contributed by atoms with Crippen molar-refractivity contribution in [2.24, 2.45) is 0 Å². The molecule has 1 rings (SSSR count). The second-order valence-electron chi connectivity index (χ2n) is 3.14. The first-order valence-corrected chi connectivity index (χ1v) is 5.32. The van der Waals surface area contributed by atoms with E-state index in [0.29, 0.717) is 11.8 Å². The number of benzene rings is 1. The van der Waals surface area contributed by atoms with Crippen molar-refractivity contribution in [1.82, 2.24) is 0 Å². The molecule has 1 aromatic rings. The summed E-state index contributed by atoms with van der Waals surface area (Å²) in [6, 6.07) is 6.29. The molecule has 0 heterocycles. The van der Waals surface area contributed by atoms with Crippen LogP contribution in [0, 0.1) is 0 Å². The van der Waals surface area contributed by atoms with Crippen molar-refractivity contribution in [3.8, 4) is 0 Å². The number of alkyl halides is 1. The van der Waals surface area contributed by atoms with Crippen molar-refractivity contribution in [2.45, 2.75) is 25.6 Å². The second kappa shape index (κ2) is 4.29. The van der Waals surface area contributed by atoms with Gasteiger partial charge in [0.2, 0.25) is 0 Å². The lowest BCUT2D eigenvalue weighted by molar-refractivity contribution is 0.860. The number of hydrogen-bond donors (Lipinski definition) is 0. The Balaban J connectivity index is 3.03. The molecular formula is C10H12BrCl. The Bertz CT molecular complexity index is 269. The summed E-state index contributed by atoms with van der Waals surface area (Å²) >= 11 is 9.24. The zero-order chi connectivity index (χ0) is 9.14. The molecule has 0 N–H and O–H groups in total. The fraction of sp³-hybridized carbons (Fsp3) is 0.400. The van der Waals surface area contributed by atoms with Crippen LogP contribution >= 0.6 is 27.5 Å². The summed E-state index contributed by atoms with van der Waals surface area (Å²) in [6.07, 6.45) is 0. The maximum absolute atomic E-state index is 5.71. The lowest BCUT2D eigenvalue weighted by Gasteiger charge is -2.08. The van der Waals surface area contributed by atoms with Gasteiger partial charge in [0.1, 0.15) is 0 Å². The summed E-state index contributed by atoms with van der Waals surface area (Å²) in [4.78, 5) is 0. The molecule has 66 valence electrons. The molecule has 0 amide bonds. The largest absolute Gasteiger partial charge is 0.122 e. The molecular weight excluding hydrogens is 235 g/mol. The van der Waals surface area contributed by atoms with E-state index in [1.165, 1.54) is 5.56 Å². The van der Waals surface area contributed by atoms with E-state index in [-0.39, 0.29) is 0 Å². The van der Waals surface area contributed by atoms with Crippen molar-refractivity contribution in [2.75, 3.05) is 0 Å². The van der Waals surface area contributed by atoms with Gasteiger partial charge in [-0.15, -0.1) is 11.6 Å². The smallest absolute Gasteiger partial charge is 0.0474 e. The Morgan fingerprint density at radius 2 is 2.08 bits per heavy atom. The second-order valence-corrected chi connectivity index (χ2v) is 4.27. The van der Waals surface area contributed by atoms with E-state index in [4.69, 9.17) is 11.6 Å². The summed E-state index contributed by atoms with van der Waals surface area (Å²) in [5.41, 5.74) is 2.50. The van der Waals surface area contributed by atoms with E-state index in [0.717, 1.165) is 10.0 Å². The number of halogens is 2. The summed E-state index contributed by atoms with van der Waals surface area (Å²) < 4.78 is 1.16. The van der Waals surface area contributed by atoms with Crippen LogP contribution in [0.4, 0.5) is 0 Å². The minimum absolute atomic E-state index is 0.559. The zero-order valence-corrected chi connectivity index (χ0v) is 9.61. The Labute approximate surface area is 87.1 Å². The van der Waals surface area contributed by atoms with Crippen LogP contribution in [0.3, 0.4) is 0 Å². The van der Waals surface area contributed by atoms with E-state index < -0.39 is 0 Å². The molecule has 1 aromatic carbocycles. The zero-order valence-electron chi connectivity index (χ0n) is 7.27. The van der Waals surface area contributed by atoms with Gasteiger partial charge in [-0.3, -0.25) is 0 Å². The van der Waals surface area contributed by atoms with Crippen LogP contribution in [0.15, 0.2) is 22.7 Å². The third-order valence-corrected chi connectivity index (χ3v) is 2.84. The molecule has 0 saturated heterocycles. The monoisotopic (exact) mass is 246 g/mol. The summed E-state index contributed by atoms with van der Waals surface area (Å²) in [5, 5.41) is 0. The Hall–Kier alpha value is -0.0100. The highest BCUT2D eigenvalue weighted by molar-refractivity contribution is 9.10. The van der Waals surface area contributed by atoms with Crippen LogP contribution < -0.4 is 0 Å². The standard InChI is InChI=1S/C10H12BrCl/c1-7(2)9-4-3-8(6-12)5-10(9)11/h3-5,7H,6H2,1-2H3. The maximum atomic E-state index is 5.71. The quantitative estimate of drug-likeness (QED) is 0.683. The van der Waals surface area contributed by atoms with E-state index in [1.54, 1.807) is 0 Å². The molecule has 12 heavy (non-hydrogen) atoms. The Morgan fingerprint density at radius 1 is 1.42 bits per heavy atom. The molecule has 0 unspecified atom stereocenters. The fourth-order valence-electron chi connectivity index (χ4n) is 1.12. The summed E-state index contributed by atoms with van der Waals surface area (Å²) in [6.45, 7) is 4.36. The van der Waals surface area contributed by atoms with Gasteiger partial charge < -0.3 is 0 Å².